The van der Waals surface area contributed by atoms with Gasteiger partial charge in [0.25, 0.3) is 0 Å². The van der Waals surface area contributed by atoms with Crippen LogP contribution < -0.4 is 16.0 Å². The molecule has 0 radical (unpaired) electrons. The minimum Gasteiger partial charge on any atom is -0.336 e. The first-order valence-corrected chi connectivity index (χ1v) is 11.6. The average molecular weight is 468 g/mol. The molecular formula is C26H34ClN5O. The fourth-order valence-corrected chi connectivity index (χ4v) is 4.19. The van der Waals surface area contributed by atoms with Gasteiger partial charge in [0.15, 0.2) is 0 Å². The molecule has 1 aliphatic rings. The van der Waals surface area contributed by atoms with Crippen LogP contribution in [0.3, 0.4) is 0 Å². The van der Waals surface area contributed by atoms with E-state index in [0.717, 1.165) is 36.2 Å². The lowest BCUT2D eigenvalue weighted by Crippen LogP contribution is -2.47. The van der Waals surface area contributed by atoms with Crippen molar-refractivity contribution in [3.8, 4) is 0 Å². The lowest BCUT2D eigenvalue weighted by Gasteiger charge is -2.27. The zero-order chi connectivity index (χ0) is 24.0. The average Bonchev–Trinajstić information content (AvgIpc) is 3.07. The molecule has 33 heavy (non-hydrogen) atoms. The topological polar surface area (TPSA) is 71.0 Å². The highest BCUT2D eigenvalue weighted by Gasteiger charge is 2.28. The Labute approximate surface area is 201 Å². The summed E-state index contributed by atoms with van der Waals surface area (Å²) >= 11 is 6.43. The number of fused-ring (bicyclic) bond motifs is 1. The Morgan fingerprint density at radius 1 is 1.39 bits per heavy atom. The number of urea groups is 1. The number of benzene rings is 1. The summed E-state index contributed by atoms with van der Waals surface area (Å²) in [6.45, 7) is 10.4. The highest BCUT2D eigenvalue weighted by Crippen LogP contribution is 2.36. The van der Waals surface area contributed by atoms with E-state index in [9.17, 15) is 4.79 Å². The normalized spacial score (nSPS) is 17.1. The van der Waals surface area contributed by atoms with Crippen molar-refractivity contribution in [2.45, 2.75) is 51.2 Å². The summed E-state index contributed by atoms with van der Waals surface area (Å²) < 4.78 is 1.94. The number of amides is 2. The van der Waals surface area contributed by atoms with Gasteiger partial charge in [-0.1, -0.05) is 48.6 Å². The van der Waals surface area contributed by atoms with Crippen molar-refractivity contribution in [3.63, 3.8) is 0 Å². The Kier molecular flexibility index (Phi) is 8.16. The lowest BCUT2D eigenvalue weighted by molar-refractivity contribution is 0.230. The third-order valence-corrected chi connectivity index (χ3v) is 5.73. The quantitative estimate of drug-likeness (QED) is 0.505. The number of halogens is 1. The molecule has 2 unspecified atom stereocenters. The third-order valence-electron chi connectivity index (χ3n) is 5.49. The summed E-state index contributed by atoms with van der Waals surface area (Å²) in [4.78, 5) is 17.2. The van der Waals surface area contributed by atoms with Crippen LogP contribution >= 0.6 is 11.6 Å². The molecule has 176 valence electrons. The van der Waals surface area contributed by atoms with Crippen LogP contribution in [0.15, 0.2) is 61.6 Å². The van der Waals surface area contributed by atoms with Gasteiger partial charge in [0.2, 0.25) is 0 Å². The zero-order valence-corrected chi connectivity index (χ0v) is 20.6. The molecule has 1 aromatic heterocycles. The number of aryl methyl sites for hydroxylation is 1. The van der Waals surface area contributed by atoms with Gasteiger partial charge >= 0.3 is 6.03 Å². The molecule has 6 nitrogen and oxygen atoms in total. The van der Waals surface area contributed by atoms with E-state index in [1.54, 1.807) is 18.6 Å². The van der Waals surface area contributed by atoms with Crippen LogP contribution in [0.25, 0.3) is 5.57 Å². The highest BCUT2D eigenvalue weighted by molar-refractivity contribution is 6.30. The first-order valence-electron chi connectivity index (χ1n) is 11.2. The van der Waals surface area contributed by atoms with Crippen molar-refractivity contribution in [2.75, 3.05) is 6.54 Å². The van der Waals surface area contributed by atoms with Crippen LogP contribution in [0.1, 0.15) is 50.1 Å². The van der Waals surface area contributed by atoms with Gasteiger partial charge in [-0.2, -0.15) is 0 Å². The number of nitrogens with zero attached hydrogens (tertiary/aromatic N) is 2. The fourth-order valence-electron chi connectivity index (χ4n) is 4.02. The molecule has 0 saturated carbocycles. The van der Waals surface area contributed by atoms with E-state index < -0.39 is 0 Å². The molecule has 3 rings (SSSR count). The Balaban J connectivity index is 2.00. The maximum absolute atomic E-state index is 12.9. The number of imidazole rings is 1. The molecule has 7 heteroatoms. The molecule has 3 N–H and O–H groups in total. The predicted octanol–water partition coefficient (Wildman–Crippen LogP) is 4.94. The number of allylic oxidation sites excluding steroid dienone is 2. The molecule has 0 aliphatic heterocycles. The summed E-state index contributed by atoms with van der Waals surface area (Å²) in [5.74, 6) is 0. The Bertz CT molecular complexity index is 1050. The van der Waals surface area contributed by atoms with Crippen molar-refractivity contribution >= 4 is 23.2 Å². The summed E-state index contributed by atoms with van der Waals surface area (Å²) in [6, 6.07) is 5.66. The van der Waals surface area contributed by atoms with Crippen LogP contribution in [0, 0.1) is 0 Å². The SMILES string of the molecule is C=C/C=C\CNC1CC=C(C(NC(=O)NC(C)(C)C)c2cncn2C)c2cc(Cl)ccc2C1. The van der Waals surface area contributed by atoms with Gasteiger partial charge in [-0.3, -0.25) is 0 Å². The molecule has 1 aromatic carbocycles. The number of carbonyl (C=O) groups is 1. The Morgan fingerprint density at radius 2 is 2.18 bits per heavy atom. The summed E-state index contributed by atoms with van der Waals surface area (Å²) in [7, 11) is 1.94. The molecule has 0 fully saturated rings. The van der Waals surface area contributed by atoms with Crippen molar-refractivity contribution in [1.29, 1.82) is 0 Å². The van der Waals surface area contributed by atoms with E-state index >= 15 is 0 Å². The van der Waals surface area contributed by atoms with E-state index in [1.165, 1.54) is 5.56 Å². The fraction of sp³-hybridized carbons (Fsp3) is 0.385. The molecular weight excluding hydrogens is 434 g/mol. The van der Waals surface area contributed by atoms with E-state index in [1.807, 2.05) is 50.6 Å². The molecule has 2 aromatic rings. The molecule has 0 spiro atoms. The van der Waals surface area contributed by atoms with Gasteiger partial charge in [-0.15, -0.1) is 0 Å². The van der Waals surface area contributed by atoms with Crippen LogP contribution in [0.5, 0.6) is 0 Å². The van der Waals surface area contributed by atoms with Crippen LogP contribution in [-0.2, 0) is 13.5 Å². The highest BCUT2D eigenvalue weighted by atomic mass is 35.5. The van der Waals surface area contributed by atoms with Gasteiger partial charge in [0.05, 0.1) is 24.3 Å². The summed E-state index contributed by atoms with van der Waals surface area (Å²) in [5.41, 5.74) is 3.81. The minimum absolute atomic E-state index is 0.230. The van der Waals surface area contributed by atoms with E-state index in [0.29, 0.717) is 5.02 Å². The lowest BCUT2D eigenvalue weighted by atomic mass is 9.92. The number of hydrogen-bond donors (Lipinski definition) is 3. The van der Waals surface area contributed by atoms with E-state index in [2.05, 4.69) is 45.7 Å². The number of carbonyl (C=O) groups excluding carboxylic acids is 1. The van der Waals surface area contributed by atoms with Crippen molar-refractivity contribution in [1.82, 2.24) is 25.5 Å². The predicted molar refractivity (Wildman–Crippen MR) is 136 cm³/mol. The van der Waals surface area contributed by atoms with Crippen LogP contribution in [0.2, 0.25) is 5.02 Å². The second kappa shape index (κ2) is 10.9. The van der Waals surface area contributed by atoms with Crippen molar-refractivity contribution in [3.05, 3.63) is 83.4 Å². The van der Waals surface area contributed by atoms with E-state index in [-0.39, 0.29) is 23.7 Å². The number of rotatable bonds is 7. The molecule has 2 amide bonds. The largest absolute Gasteiger partial charge is 0.336 e. The molecule has 1 aliphatic carbocycles. The standard InChI is InChI=1S/C26H34ClN5O/c1-6-7-8-13-29-20-11-12-21(22-15-19(27)10-9-18(22)14-20)24(23-16-28-17-32(23)5)30-25(33)31-26(2,3)4/h6-10,12,15-17,20,24,29H,1,11,13-14H2,2-5H3,(H2,30,31,33)/b8-7-. The van der Waals surface area contributed by atoms with Gasteiger partial charge in [0, 0.05) is 30.2 Å². The minimum atomic E-state index is -0.378. The first kappa shape index (κ1) is 24.8. The van der Waals surface area contributed by atoms with Crippen molar-refractivity contribution < 1.29 is 4.79 Å². The molecule has 1 heterocycles. The number of hydrogen-bond acceptors (Lipinski definition) is 3. The zero-order valence-electron chi connectivity index (χ0n) is 19.9. The third kappa shape index (κ3) is 6.83. The van der Waals surface area contributed by atoms with Gasteiger partial charge in [0.1, 0.15) is 0 Å². The Morgan fingerprint density at radius 3 is 2.85 bits per heavy atom. The van der Waals surface area contributed by atoms with Gasteiger partial charge in [-0.05, 0) is 62.4 Å². The smallest absolute Gasteiger partial charge is 0.315 e. The molecule has 0 saturated heterocycles. The Hall–Kier alpha value is -2.83. The van der Waals surface area contributed by atoms with Gasteiger partial charge in [-0.25, -0.2) is 9.78 Å². The maximum Gasteiger partial charge on any atom is 0.315 e. The monoisotopic (exact) mass is 467 g/mol. The molecule has 0 bridgehead atoms. The van der Waals surface area contributed by atoms with Gasteiger partial charge < -0.3 is 20.5 Å². The van der Waals surface area contributed by atoms with Crippen LogP contribution in [0.4, 0.5) is 4.79 Å². The van der Waals surface area contributed by atoms with Crippen LogP contribution in [-0.4, -0.2) is 33.7 Å². The van der Waals surface area contributed by atoms with Crippen molar-refractivity contribution in [2.24, 2.45) is 7.05 Å². The number of aromatic nitrogens is 2. The first-order chi connectivity index (χ1) is 15.7. The van der Waals surface area contributed by atoms with E-state index in [4.69, 9.17) is 11.6 Å². The second-order valence-corrected chi connectivity index (χ2v) is 9.82. The second-order valence-electron chi connectivity index (χ2n) is 9.38. The number of nitrogens with one attached hydrogen (secondary N) is 3. The maximum atomic E-state index is 12.9. The summed E-state index contributed by atoms with van der Waals surface area (Å²) in [5, 5.41) is 10.5. The summed E-state index contributed by atoms with van der Waals surface area (Å²) in [6.07, 6.45) is 13.2. The molecule has 2 atom stereocenters.